The monoisotopic (exact) mass is 202 g/mol. The third-order valence-electron chi connectivity index (χ3n) is 2.92. The van der Waals surface area contributed by atoms with E-state index in [4.69, 9.17) is 0 Å². The molecule has 0 unspecified atom stereocenters. The fourth-order valence-corrected chi connectivity index (χ4v) is 1.99. The normalized spacial score (nSPS) is 17.8. The van der Waals surface area contributed by atoms with Gasteiger partial charge in [-0.2, -0.15) is 0 Å². The molecule has 0 saturated carbocycles. The Labute approximate surface area is 90.9 Å². The zero-order chi connectivity index (χ0) is 10.7. The third kappa shape index (κ3) is 2.20. The lowest BCUT2D eigenvalue weighted by Gasteiger charge is -2.20. The molecular weight excluding hydrogens is 186 g/mol. The Morgan fingerprint density at radius 1 is 1.20 bits per heavy atom. The van der Waals surface area contributed by atoms with Crippen molar-refractivity contribution in [1.82, 2.24) is 4.90 Å². The number of carbonyl (C=O) groups is 1. The average molecular weight is 202 g/mol. The summed E-state index contributed by atoms with van der Waals surface area (Å²) in [5.74, 6) is -0.0806. The van der Waals surface area contributed by atoms with E-state index < -0.39 is 0 Å². The van der Waals surface area contributed by atoms with E-state index in [1.807, 2.05) is 35.2 Å². The highest BCUT2D eigenvalue weighted by molar-refractivity contribution is 5.84. The standard InChI is InChI=1S/C13H16NO/c1-11(12-7-3-2-4-8-12)13(15)14-9-5-6-10-14/h2-4,7-8,11H,1,5-6,9-10H2/t11-/m1/s1. The third-order valence-corrected chi connectivity index (χ3v) is 2.92. The number of amides is 1. The number of nitrogens with zero attached hydrogens (tertiary/aromatic N) is 1. The molecule has 1 heterocycles. The van der Waals surface area contributed by atoms with Gasteiger partial charge >= 0.3 is 0 Å². The second kappa shape index (κ2) is 4.47. The lowest BCUT2D eigenvalue weighted by Crippen LogP contribution is -2.31. The van der Waals surface area contributed by atoms with Crippen molar-refractivity contribution < 1.29 is 4.79 Å². The molecule has 1 fully saturated rings. The van der Waals surface area contributed by atoms with Crippen molar-refractivity contribution in [2.75, 3.05) is 13.1 Å². The van der Waals surface area contributed by atoms with Gasteiger partial charge in [0.25, 0.3) is 0 Å². The zero-order valence-electron chi connectivity index (χ0n) is 8.86. The minimum atomic E-state index is -0.246. The van der Waals surface area contributed by atoms with Crippen LogP contribution in [0.5, 0.6) is 0 Å². The van der Waals surface area contributed by atoms with Gasteiger partial charge in [-0.25, -0.2) is 0 Å². The Morgan fingerprint density at radius 2 is 1.80 bits per heavy atom. The van der Waals surface area contributed by atoms with Gasteiger partial charge in [0.1, 0.15) is 0 Å². The fraction of sp³-hybridized carbons (Fsp3) is 0.385. The molecule has 0 aromatic heterocycles. The lowest BCUT2D eigenvalue weighted by atomic mass is 10.00. The maximum Gasteiger partial charge on any atom is 0.230 e. The van der Waals surface area contributed by atoms with Crippen molar-refractivity contribution in [3.63, 3.8) is 0 Å². The Kier molecular flexibility index (Phi) is 3.05. The van der Waals surface area contributed by atoms with Crippen LogP contribution in [0.3, 0.4) is 0 Å². The molecule has 2 heteroatoms. The summed E-state index contributed by atoms with van der Waals surface area (Å²) in [4.78, 5) is 13.9. The molecule has 0 bridgehead atoms. The van der Waals surface area contributed by atoms with Gasteiger partial charge in [-0.15, -0.1) is 0 Å². The van der Waals surface area contributed by atoms with Crippen LogP contribution >= 0.6 is 0 Å². The molecule has 0 aliphatic carbocycles. The Balaban J connectivity index is 2.07. The number of benzene rings is 1. The second-order valence-electron chi connectivity index (χ2n) is 4.00. The Morgan fingerprint density at radius 3 is 2.40 bits per heavy atom. The summed E-state index contributed by atoms with van der Waals surface area (Å²) < 4.78 is 0. The lowest BCUT2D eigenvalue weighted by molar-refractivity contribution is -0.130. The summed E-state index contributed by atoms with van der Waals surface area (Å²) in [6, 6.07) is 9.78. The molecule has 0 N–H and O–H groups in total. The Hall–Kier alpha value is -1.31. The molecule has 1 aliphatic rings. The maximum absolute atomic E-state index is 12.0. The first-order valence-electron chi connectivity index (χ1n) is 5.46. The van der Waals surface area contributed by atoms with Crippen LogP contribution in [-0.2, 0) is 4.79 Å². The van der Waals surface area contributed by atoms with Gasteiger partial charge in [-0.05, 0) is 25.3 Å². The molecule has 1 atom stereocenters. The van der Waals surface area contributed by atoms with E-state index in [2.05, 4.69) is 6.92 Å². The number of carbonyl (C=O) groups excluding carboxylic acids is 1. The average Bonchev–Trinajstić information content (AvgIpc) is 2.82. The van der Waals surface area contributed by atoms with E-state index in [9.17, 15) is 4.79 Å². The number of likely N-dealkylation sites (tertiary alicyclic amines) is 1. The van der Waals surface area contributed by atoms with Gasteiger partial charge in [0.05, 0.1) is 5.92 Å². The molecule has 2 nitrogen and oxygen atoms in total. The molecule has 79 valence electrons. The van der Waals surface area contributed by atoms with Crippen LogP contribution in [0.1, 0.15) is 24.3 Å². The highest BCUT2D eigenvalue weighted by atomic mass is 16.2. The van der Waals surface area contributed by atoms with E-state index in [1.54, 1.807) is 0 Å². The van der Waals surface area contributed by atoms with Crippen molar-refractivity contribution in [2.45, 2.75) is 18.8 Å². The van der Waals surface area contributed by atoms with Crippen molar-refractivity contribution in [1.29, 1.82) is 0 Å². The highest BCUT2D eigenvalue weighted by Gasteiger charge is 2.23. The van der Waals surface area contributed by atoms with Crippen LogP contribution in [0.25, 0.3) is 0 Å². The first-order chi connectivity index (χ1) is 7.29. The molecule has 1 aliphatic heterocycles. The highest BCUT2D eigenvalue weighted by Crippen LogP contribution is 2.19. The number of hydrogen-bond acceptors (Lipinski definition) is 1. The van der Waals surface area contributed by atoms with Crippen LogP contribution in [-0.4, -0.2) is 23.9 Å². The van der Waals surface area contributed by atoms with Crippen LogP contribution in [0.2, 0.25) is 0 Å². The number of hydrogen-bond donors (Lipinski definition) is 0. The van der Waals surface area contributed by atoms with E-state index in [1.165, 1.54) is 0 Å². The topological polar surface area (TPSA) is 20.3 Å². The minimum Gasteiger partial charge on any atom is -0.342 e. The van der Waals surface area contributed by atoms with Crippen molar-refractivity contribution >= 4 is 5.91 Å². The molecule has 1 aromatic rings. The van der Waals surface area contributed by atoms with E-state index in [0.29, 0.717) is 0 Å². The molecule has 1 radical (unpaired) electrons. The van der Waals surface area contributed by atoms with Crippen molar-refractivity contribution in [2.24, 2.45) is 0 Å². The molecule has 2 rings (SSSR count). The predicted molar refractivity (Wildman–Crippen MR) is 60.4 cm³/mol. The van der Waals surface area contributed by atoms with Gasteiger partial charge in [0.2, 0.25) is 5.91 Å². The summed E-state index contributed by atoms with van der Waals surface area (Å²) in [5, 5.41) is 0. The summed E-state index contributed by atoms with van der Waals surface area (Å²) in [6.45, 7) is 5.76. The maximum atomic E-state index is 12.0. The van der Waals surface area contributed by atoms with Crippen LogP contribution in [0.4, 0.5) is 0 Å². The van der Waals surface area contributed by atoms with Gasteiger partial charge in [-0.3, -0.25) is 4.79 Å². The van der Waals surface area contributed by atoms with Crippen LogP contribution in [0, 0.1) is 6.92 Å². The smallest absolute Gasteiger partial charge is 0.230 e. The predicted octanol–water partition coefficient (Wildman–Crippen LogP) is 2.23. The van der Waals surface area contributed by atoms with Gasteiger partial charge in [-0.1, -0.05) is 30.3 Å². The molecular formula is C13H16NO. The minimum absolute atomic E-state index is 0.165. The molecule has 1 aromatic carbocycles. The van der Waals surface area contributed by atoms with Crippen molar-refractivity contribution in [3.8, 4) is 0 Å². The van der Waals surface area contributed by atoms with E-state index in [-0.39, 0.29) is 11.8 Å². The van der Waals surface area contributed by atoms with Gasteiger partial charge in [0.15, 0.2) is 0 Å². The van der Waals surface area contributed by atoms with Crippen LogP contribution in [0.15, 0.2) is 30.3 Å². The summed E-state index contributed by atoms with van der Waals surface area (Å²) in [6.07, 6.45) is 2.26. The fourth-order valence-electron chi connectivity index (χ4n) is 1.99. The largest absolute Gasteiger partial charge is 0.342 e. The molecule has 0 spiro atoms. The van der Waals surface area contributed by atoms with Gasteiger partial charge in [0, 0.05) is 13.1 Å². The first-order valence-corrected chi connectivity index (χ1v) is 5.46. The quantitative estimate of drug-likeness (QED) is 0.720. The summed E-state index contributed by atoms with van der Waals surface area (Å²) in [7, 11) is 0. The van der Waals surface area contributed by atoms with Gasteiger partial charge < -0.3 is 4.90 Å². The Bertz CT molecular complexity index is 328. The van der Waals surface area contributed by atoms with Crippen molar-refractivity contribution in [3.05, 3.63) is 42.8 Å². The summed E-state index contributed by atoms with van der Waals surface area (Å²) in [5.41, 5.74) is 1.01. The molecule has 15 heavy (non-hydrogen) atoms. The SMILES string of the molecule is [CH2][C@@H](C(=O)N1CCCC1)c1ccccc1. The first kappa shape index (κ1) is 10.2. The van der Waals surface area contributed by atoms with E-state index in [0.717, 1.165) is 31.5 Å². The summed E-state index contributed by atoms with van der Waals surface area (Å²) >= 11 is 0. The second-order valence-corrected chi connectivity index (χ2v) is 4.00. The molecule has 1 amide bonds. The van der Waals surface area contributed by atoms with E-state index >= 15 is 0 Å². The van der Waals surface area contributed by atoms with Crippen LogP contribution < -0.4 is 0 Å². The molecule has 1 saturated heterocycles. The zero-order valence-corrected chi connectivity index (χ0v) is 8.86. The number of rotatable bonds is 2.